The molecule has 1 saturated heterocycles. The molecule has 1 aliphatic rings. The lowest BCUT2D eigenvalue weighted by atomic mass is 9.97. The van der Waals surface area contributed by atoms with Crippen LogP contribution in [0.15, 0.2) is 36.7 Å². The number of nitrogens with zero attached hydrogens (tertiary/aromatic N) is 4. The van der Waals surface area contributed by atoms with Crippen molar-refractivity contribution in [1.29, 1.82) is 5.26 Å². The van der Waals surface area contributed by atoms with Gasteiger partial charge in [-0.15, -0.1) is 0 Å². The largest absolute Gasteiger partial charge is 0.481 e. The number of benzene rings is 1. The van der Waals surface area contributed by atoms with Crippen LogP contribution in [0.5, 0.6) is 0 Å². The molecule has 24 heavy (non-hydrogen) atoms. The van der Waals surface area contributed by atoms with Crippen molar-refractivity contribution >= 4 is 23.3 Å². The minimum atomic E-state index is -0.722. The predicted molar refractivity (Wildman–Crippen MR) is 89.0 cm³/mol. The van der Waals surface area contributed by atoms with E-state index in [9.17, 15) is 4.79 Å². The van der Waals surface area contributed by atoms with Crippen molar-refractivity contribution in [3.8, 4) is 6.07 Å². The molecule has 7 heteroatoms. The summed E-state index contributed by atoms with van der Waals surface area (Å²) in [6, 6.07) is 11.0. The van der Waals surface area contributed by atoms with Gasteiger partial charge in [-0.2, -0.15) is 5.26 Å². The highest BCUT2D eigenvalue weighted by atomic mass is 16.4. The quantitative estimate of drug-likeness (QED) is 0.890. The van der Waals surface area contributed by atoms with Gasteiger partial charge in [0.15, 0.2) is 0 Å². The summed E-state index contributed by atoms with van der Waals surface area (Å²) in [5, 5.41) is 21.1. The molecule has 2 aromatic rings. The highest BCUT2D eigenvalue weighted by molar-refractivity contribution is 5.70. The average Bonchev–Trinajstić information content (AvgIpc) is 2.63. The van der Waals surface area contributed by atoms with Crippen LogP contribution in [0.4, 0.5) is 17.3 Å². The fourth-order valence-electron chi connectivity index (χ4n) is 2.72. The number of piperidine rings is 1. The van der Waals surface area contributed by atoms with Gasteiger partial charge in [-0.1, -0.05) is 0 Å². The van der Waals surface area contributed by atoms with E-state index in [2.05, 4.69) is 26.3 Å². The second-order valence-corrected chi connectivity index (χ2v) is 5.68. The van der Waals surface area contributed by atoms with Crippen molar-refractivity contribution in [2.75, 3.05) is 23.3 Å². The molecule has 1 aromatic carbocycles. The number of anilines is 3. The molecule has 1 aromatic heterocycles. The molecule has 122 valence electrons. The number of carboxylic acids is 1. The molecule has 0 aliphatic carbocycles. The minimum absolute atomic E-state index is 0.265. The molecule has 7 nitrogen and oxygen atoms in total. The Morgan fingerprint density at radius 2 is 1.96 bits per heavy atom. The molecule has 2 heterocycles. The number of nitrogens with one attached hydrogen (secondary N) is 1. The molecule has 0 radical (unpaired) electrons. The lowest BCUT2D eigenvalue weighted by Gasteiger charge is -2.31. The molecule has 3 rings (SSSR count). The van der Waals surface area contributed by atoms with Gasteiger partial charge in [-0.25, -0.2) is 9.97 Å². The van der Waals surface area contributed by atoms with Crippen LogP contribution < -0.4 is 10.2 Å². The smallest absolute Gasteiger partial charge is 0.306 e. The van der Waals surface area contributed by atoms with Gasteiger partial charge >= 0.3 is 5.97 Å². The highest BCUT2D eigenvalue weighted by Gasteiger charge is 2.25. The van der Waals surface area contributed by atoms with E-state index in [1.807, 2.05) is 18.2 Å². The van der Waals surface area contributed by atoms with Crippen molar-refractivity contribution in [3.63, 3.8) is 0 Å². The Hall–Kier alpha value is -3.14. The van der Waals surface area contributed by atoms with Crippen LogP contribution in [0.2, 0.25) is 0 Å². The van der Waals surface area contributed by atoms with Crippen LogP contribution in [0.3, 0.4) is 0 Å². The molecule has 0 saturated carbocycles. The Morgan fingerprint density at radius 3 is 2.58 bits per heavy atom. The number of hydrogen-bond acceptors (Lipinski definition) is 6. The zero-order chi connectivity index (χ0) is 16.9. The standard InChI is InChI=1S/C17H17N5O2/c18-10-12-1-3-14(4-2-12)21-15-9-16(20-11-19-15)22-7-5-13(6-8-22)17(23)24/h1-4,9,11,13H,5-8H2,(H,23,24)(H,19,20,21). The van der Waals surface area contributed by atoms with E-state index in [0.29, 0.717) is 37.3 Å². The normalized spacial score (nSPS) is 14.9. The van der Waals surface area contributed by atoms with Crippen molar-refractivity contribution < 1.29 is 9.90 Å². The number of hydrogen-bond donors (Lipinski definition) is 2. The summed E-state index contributed by atoms with van der Waals surface area (Å²) < 4.78 is 0. The summed E-state index contributed by atoms with van der Waals surface area (Å²) in [5.74, 6) is 0.454. The SMILES string of the molecule is N#Cc1ccc(Nc2cc(N3CCC(C(=O)O)CC3)ncn2)cc1. The van der Waals surface area contributed by atoms with Crippen LogP contribution in [-0.2, 0) is 4.79 Å². The maximum atomic E-state index is 11.0. The Bertz CT molecular complexity index is 761. The van der Waals surface area contributed by atoms with Crippen LogP contribution >= 0.6 is 0 Å². The van der Waals surface area contributed by atoms with Gasteiger partial charge < -0.3 is 15.3 Å². The van der Waals surface area contributed by atoms with Gasteiger partial charge in [0.05, 0.1) is 17.6 Å². The fourth-order valence-corrected chi connectivity index (χ4v) is 2.72. The third-order valence-electron chi connectivity index (χ3n) is 4.11. The van der Waals surface area contributed by atoms with Crippen LogP contribution in [-0.4, -0.2) is 34.1 Å². The first-order valence-electron chi connectivity index (χ1n) is 7.72. The molecule has 0 amide bonds. The molecule has 0 bridgehead atoms. The Labute approximate surface area is 139 Å². The molecule has 2 N–H and O–H groups in total. The molecule has 0 atom stereocenters. The van der Waals surface area contributed by atoms with Gasteiger partial charge in [-0.3, -0.25) is 4.79 Å². The summed E-state index contributed by atoms with van der Waals surface area (Å²) in [6.45, 7) is 1.34. The molecule has 1 aliphatic heterocycles. The van der Waals surface area contributed by atoms with E-state index < -0.39 is 5.97 Å². The number of carboxylic acid groups (broad SMARTS) is 1. The molecular weight excluding hydrogens is 306 g/mol. The lowest BCUT2D eigenvalue weighted by Crippen LogP contribution is -2.36. The first-order valence-corrected chi connectivity index (χ1v) is 7.72. The van der Waals surface area contributed by atoms with Gasteiger partial charge in [0, 0.05) is 24.8 Å². The van der Waals surface area contributed by atoms with Crippen molar-refractivity contribution in [2.45, 2.75) is 12.8 Å². The number of aliphatic carboxylic acids is 1. The van der Waals surface area contributed by atoms with Crippen LogP contribution in [0, 0.1) is 17.2 Å². The third kappa shape index (κ3) is 3.60. The Kier molecular flexibility index (Phi) is 4.57. The Balaban J connectivity index is 1.68. The van der Waals surface area contributed by atoms with E-state index in [4.69, 9.17) is 10.4 Å². The van der Waals surface area contributed by atoms with Gasteiger partial charge in [0.2, 0.25) is 0 Å². The zero-order valence-electron chi connectivity index (χ0n) is 13.0. The first kappa shape index (κ1) is 15.7. The maximum absolute atomic E-state index is 11.0. The van der Waals surface area contributed by atoms with E-state index in [-0.39, 0.29) is 5.92 Å². The zero-order valence-corrected chi connectivity index (χ0v) is 13.0. The second-order valence-electron chi connectivity index (χ2n) is 5.68. The highest BCUT2D eigenvalue weighted by Crippen LogP contribution is 2.24. The average molecular weight is 323 g/mol. The van der Waals surface area contributed by atoms with E-state index in [1.165, 1.54) is 6.33 Å². The van der Waals surface area contributed by atoms with Gasteiger partial charge in [0.1, 0.15) is 18.0 Å². The summed E-state index contributed by atoms with van der Waals surface area (Å²) in [7, 11) is 0. The summed E-state index contributed by atoms with van der Waals surface area (Å²) in [4.78, 5) is 21.6. The van der Waals surface area contributed by atoms with Gasteiger partial charge in [0.25, 0.3) is 0 Å². The topological polar surface area (TPSA) is 102 Å². The number of nitriles is 1. The molecule has 0 unspecified atom stereocenters. The van der Waals surface area contributed by atoms with Crippen LogP contribution in [0.25, 0.3) is 0 Å². The van der Waals surface area contributed by atoms with Crippen molar-refractivity contribution in [1.82, 2.24) is 9.97 Å². The van der Waals surface area contributed by atoms with Gasteiger partial charge in [-0.05, 0) is 37.1 Å². The second kappa shape index (κ2) is 6.96. The maximum Gasteiger partial charge on any atom is 0.306 e. The lowest BCUT2D eigenvalue weighted by molar-refractivity contribution is -0.142. The summed E-state index contributed by atoms with van der Waals surface area (Å²) >= 11 is 0. The first-order chi connectivity index (χ1) is 11.7. The van der Waals surface area contributed by atoms with Crippen molar-refractivity contribution in [3.05, 3.63) is 42.2 Å². The van der Waals surface area contributed by atoms with E-state index >= 15 is 0 Å². The summed E-state index contributed by atoms with van der Waals surface area (Å²) in [5.41, 5.74) is 1.44. The number of rotatable bonds is 4. The van der Waals surface area contributed by atoms with Crippen molar-refractivity contribution in [2.24, 2.45) is 5.92 Å². The minimum Gasteiger partial charge on any atom is -0.481 e. The third-order valence-corrected chi connectivity index (χ3v) is 4.11. The number of carbonyl (C=O) groups is 1. The van der Waals surface area contributed by atoms with Crippen LogP contribution in [0.1, 0.15) is 18.4 Å². The van der Waals surface area contributed by atoms with E-state index in [0.717, 1.165) is 11.5 Å². The molecule has 0 spiro atoms. The molecular formula is C17H17N5O2. The monoisotopic (exact) mass is 323 g/mol. The van der Waals surface area contributed by atoms with E-state index in [1.54, 1.807) is 12.1 Å². The Morgan fingerprint density at radius 1 is 1.25 bits per heavy atom. The summed E-state index contributed by atoms with van der Waals surface area (Å²) in [6.07, 6.45) is 2.74. The predicted octanol–water partition coefficient (Wildman–Crippen LogP) is 2.39. The fraction of sp³-hybridized carbons (Fsp3) is 0.294. The molecule has 1 fully saturated rings. The number of aromatic nitrogens is 2.